The van der Waals surface area contributed by atoms with Gasteiger partial charge in [0.25, 0.3) is 0 Å². The number of anilines is 1. The maximum absolute atomic E-state index is 12.1. The van der Waals surface area contributed by atoms with E-state index in [0.717, 1.165) is 4.88 Å². The molecule has 0 aromatic carbocycles. The van der Waals surface area contributed by atoms with Crippen molar-refractivity contribution in [2.45, 2.75) is 25.8 Å². The molecule has 7 nitrogen and oxygen atoms in total. The molecule has 2 heterocycles. The summed E-state index contributed by atoms with van der Waals surface area (Å²) in [5, 5.41) is 10.0. The number of nitrogens with zero attached hydrogens (tertiary/aromatic N) is 1. The van der Waals surface area contributed by atoms with Gasteiger partial charge in [-0.3, -0.25) is 14.4 Å². The van der Waals surface area contributed by atoms with Crippen LogP contribution in [0.3, 0.4) is 0 Å². The molecule has 0 spiro atoms. The van der Waals surface area contributed by atoms with Gasteiger partial charge in [0.2, 0.25) is 17.7 Å². The van der Waals surface area contributed by atoms with E-state index in [1.165, 1.54) is 18.3 Å². The van der Waals surface area contributed by atoms with E-state index in [0.29, 0.717) is 5.82 Å². The fourth-order valence-corrected chi connectivity index (χ4v) is 2.95. The zero-order valence-electron chi connectivity index (χ0n) is 13.8. The molecule has 2 aromatic rings. The molecular weight excluding hydrogens is 340 g/mol. The maximum atomic E-state index is 12.1. The number of nitrogens with one attached hydrogen (secondary N) is 3. The molecule has 0 fully saturated rings. The molecule has 132 valence electrons. The molecule has 0 saturated heterocycles. The van der Waals surface area contributed by atoms with Gasteiger partial charge < -0.3 is 16.0 Å². The third-order valence-electron chi connectivity index (χ3n) is 3.26. The second kappa shape index (κ2) is 9.53. The molecule has 2 aromatic heterocycles. The Morgan fingerprint density at radius 3 is 2.64 bits per heavy atom. The molecule has 0 radical (unpaired) electrons. The van der Waals surface area contributed by atoms with Crippen LogP contribution in [-0.2, 0) is 14.4 Å². The zero-order chi connectivity index (χ0) is 18.1. The van der Waals surface area contributed by atoms with Crippen LogP contribution in [0.4, 0.5) is 5.82 Å². The number of aromatic nitrogens is 1. The van der Waals surface area contributed by atoms with E-state index in [4.69, 9.17) is 0 Å². The second-order valence-corrected chi connectivity index (χ2v) is 6.32. The summed E-state index contributed by atoms with van der Waals surface area (Å²) in [4.78, 5) is 40.1. The summed E-state index contributed by atoms with van der Waals surface area (Å²) in [6.07, 6.45) is 1.86. The third-order valence-corrected chi connectivity index (χ3v) is 4.25. The highest BCUT2D eigenvalue weighted by atomic mass is 32.1. The summed E-state index contributed by atoms with van der Waals surface area (Å²) in [7, 11) is 0. The average molecular weight is 360 g/mol. The van der Waals surface area contributed by atoms with Crippen LogP contribution in [0.1, 0.15) is 30.7 Å². The van der Waals surface area contributed by atoms with E-state index in [-0.39, 0.29) is 43.1 Å². The molecule has 0 aliphatic carbocycles. The average Bonchev–Trinajstić information content (AvgIpc) is 3.09. The lowest BCUT2D eigenvalue weighted by Gasteiger charge is -2.16. The largest absolute Gasteiger partial charge is 0.356 e. The Bertz CT molecular complexity index is 704. The molecule has 25 heavy (non-hydrogen) atoms. The first-order chi connectivity index (χ1) is 12.0. The minimum absolute atomic E-state index is 0.127. The van der Waals surface area contributed by atoms with Gasteiger partial charge in [-0.2, -0.15) is 0 Å². The van der Waals surface area contributed by atoms with Gasteiger partial charge >= 0.3 is 0 Å². The lowest BCUT2D eigenvalue weighted by Crippen LogP contribution is -2.33. The van der Waals surface area contributed by atoms with Crippen LogP contribution in [0.25, 0.3) is 0 Å². The monoisotopic (exact) mass is 360 g/mol. The van der Waals surface area contributed by atoms with Crippen molar-refractivity contribution in [3.63, 3.8) is 0 Å². The molecule has 8 heteroatoms. The number of thiophene rings is 1. The van der Waals surface area contributed by atoms with Gasteiger partial charge in [0, 0.05) is 31.0 Å². The van der Waals surface area contributed by atoms with Gasteiger partial charge in [-0.15, -0.1) is 11.3 Å². The van der Waals surface area contributed by atoms with Gasteiger partial charge in [-0.1, -0.05) is 12.1 Å². The van der Waals surface area contributed by atoms with Gasteiger partial charge in [-0.25, -0.2) is 4.98 Å². The summed E-state index contributed by atoms with van der Waals surface area (Å²) < 4.78 is 0. The smallest absolute Gasteiger partial charge is 0.227 e. The molecule has 0 bridgehead atoms. The first-order valence-corrected chi connectivity index (χ1v) is 8.70. The van der Waals surface area contributed by atoms with Crippen molar-refractivity contribution in [3.8, 4) is 0 Å². The van der Waals surface area contributed by atoms with Crippen molar-refractivity contribution in [2.24, 2.45) is 0 Å². The van der Waals surface area contributed by atoms with Crippen LogP contribution < -0.4 is 16.0 Å². The highest BCUT2D eigenvalue weighted by Crippen LogP contribution is 2.21. The molecule has 1 unspecified atom stereocenters. The van der Waals surface area contributed by atoms with Gasteiger partial charge in [-0.05, 0) is 23.6 Å². The Morgan fingerprint density at radius 2 is 2.00 bits per heavy atom. The lowest BCUT2D eigenvalue weighted by atomic mass is 10.1. The number of amides is 3. The SMILES string of the molecule is CC(=O)NC(CC(=O)NCCC(=O)Nc1ccccn1)c1cccs1. The highest BCUT2D eigenvalue weighted by Gasteiger charge is 2.18. The lowest BCUT2D eigenvalue weighted by molar-refractivity contribution is -0.122. The summed E-state index contributed by atoms with van der Waals surface area (Å²) in [5.74, 6) is -0.170. The maximum Gasteiger partial charge on any atom is 0.227 e. The van der Waals surface area contributed by atoms with Crippen molar-refractivity contribution in [1.29, 1.82) is 0 Å². The zero-order valence-corrected chi connectivity index (χ0v) is 14.6. The Balaban J connectivity index is 1.75. The highest BCUT2D eigenvalue weighted by molar-refractivity contribution is 7.10. The van der Waals surface area contributed by atoms with Crippen LogP contribution in [0.2, 0.25) is 0 Å². The van der Waals surface area contributed by atoms with Gasteiger partial charge in [0.05, 0.1) is 12.5 Å². The number of rotatable bonds is 8. The van der Waals surface area contributed by atoms with Crippen LogP contribution in [0, 0.1) is 0 Å². The molecule has 0 saturated carbocycles. The standard InChI is InChI=1S/C17H20N4O3S/c1-12(22)20-13(14-5-4-10-25-14)11-17(24)19-9-7-16(23)21-15-6-2-3-8-18-15/h2-6,8,10,13H,7,9,11H2,1H3,(H,19,24)(H,20,22)(H,18,21,23). The quantitative estimate of drug-likeness (QED) is 0.669. The summed E-state index contributed by atoms with van der Waals surface area (Å²) in [6.45, 7) is 1.63. The molecule has 0 aliphatic rings. The predicted molar refractivity (Wildman–Crippen MR) is 96.0 cm³/mol. The summed E-state index contributed by atoms with van der Waals surface area (Å²) in [6, 6.07) is 8.61. The van der Waals surface area contributed by atoms with E-state index < -0.39 is 0 Å². The van der Waals surface area contributed by atoms with Gasteiger partial charge in [0.15, 0.2) is 0 Å². The van der Waals surface area contributed by atoms with Crippen molar-refractivity contribution >= 4 is 34.9 Å². The minimum Gasteiger partial charge on any atom is -0.356 e. The first-order valence-electron chi connectivity index (χ1n) is 7.82. The van der Waals surface area contributed by atoms with Crippen LogP contribution in [0.5, 0.6) is 0 Å². The Morgan fingerprint density at radius 1 is 1.16 bits per heavy atom. The van der Waals surface area contributed by atoms with Crippen molar-refractivity contribution in [1.82, 2.24) is 15.6 Å². The van der Waals surface area contributed by atoms with E-state index in [2.05, 4.69) is 20.9 Å². The fourth-order valence-electron chi connectivity index (χ4n) is 2.17. The number of pyridine rings is 1. The third kappa shape index (κ3) is 6.72. The van der Waals surface area contributed by atoms with Crippen molar-refractivity contribution in [3.05, 3.63) is 46.8 Å². The van der Waals surface area contributed by atoms with Crippen LogP contribution >= 0.6 is 11.3 Å². The molecular formula is C17H20N4O3S. The van der Waals surface area contributed by atoms with E-state index in [1.54, 1.807) is 24.4 Å². The van der Waals surface area contributed by atoms with E-state index in [1.807, 2.05) is 17.5 Å². The van der Waals surface area contributed by atoms with Crippen LogP contribution in [0.15, 0.2) is 41.9 Å². The predicted octanol–water partition coefficient (Wildman–Crippen LogP) is 1.86. The molecule has 0 aliphatic heterocycles. The number of carbonyl (C=O) groups is 3. The Hall–Kier alpha value is -2.74. The van der Waals surface area contributed by atoms with Crippen molar-refractivity contribution < 1.29 is 14.4 Å². The first kappa shape index (κ1) is 18.6. The topological polar surface area (TPSA) is 100 Å². The van der Waals surface area contributed by atoms with E-state index in [9.17, 15) is 14.4 Å². The number of carbonyl (C=O) groups excluding carboxylic acids is 3. The summed E-state index contributed by atoms with van der Waals surface area (Å²) >= 11 is 1.48. The normalized spacial score (nSPS) is 11.4. The van der Waals surface area contributed by atoms with Gasteiger partial charge in [0.1, 0.15) is 5.82 Å². The molecule has 1 atom stereocenters. The molecule has 3 amide bonds. The second-order valence-electron chi connectivity index (χ2n) is 5.34. The van der Waals surface area contributed by atoms with Crippen LogP contribution in [-0.4, -0.2) is 29.3 Å². The van der Waals surface area contributed by atoms with Crippen molar-refractivity contribution in [2.75, 3.05) is 11.9 Å². The fraction of sp³-hybridized carbons (Fsp3) is 0.294. The number of hydrogen-bond acceptors (Lipinski definition) is 5. The number of hydrogen-bond donors (Lipinski definition) is 3. The minimum atomic E-state index is -0.361. The Labute approximate surface area is 149 Å². The Kier molecular flexibility index (Phi) is 7.09. The van der Waals surface area contributed by atoms with E-state index >= 15 is 0 Å². The molecule has 3 N–H and O–H groups in total. The summed E-state index contributed by atoms with van der Waals surface area (Å²) in [5.41, 5.74) is 0. The molecule has 2 rings (SSSR count).